The number of piperazine rings is 1. The van der Waals surface area contributed by atoms with Gasteiger partial charge in [-0.25, -0.2) is 0 Å². The maximum atomic E-state index is 12.3. The summed E-state index contributed by atoms with van der Waals surface area (Å²) in [5.41, 5.74) is 2.30. The van der Waals surface area contributed by atoms with E-state index in [-0.39, 0.29) is 12.5 Å². The summed E-state index contributed by atoms with van der Waals surface area (Å²) in [5.74, 6) is 0.0737. The molecule has 2 aromatic rings. The number of ether oxygens (including phenoxy) is 1. The van der Waals surface area contributed by atoms with Crippen LogP contribution >= 0.6 is 0 Å². The second-order valence-corrected chi connectivity index (χ2v) is 6.36. The maximum absolute atomic E-state index is 12.3. The van der Waals surface area contributed by atoms with E-state index in [4.69, 9.17) is 4.74 Å². The van der Waals surface area contributed by atoms with E-state index >= 15 is 0 Å². The SMILES string of the molecule is C[C@H](c1cccnc1)N1CCN(C(=O)COCc2ccccc2)CC1. The fourth-order valence-electron chi connectivity index (χ4n) is 3.11. The molecule has 25 heavy (non-hydrogen) atoms. The van der Waals surface area contributed by atoms with Crippen molar-refractivity contribution in [2.75, 3.05) is 32.8 Å². The van der Waals surface area contributed by atoms with Gasteiger partial charge in [0.25, 0.3) is 0 Å². The molecule has 0 radical (unpaired) electrons. The largest absolute Gasteiger partial charge is 0.367 e. The van der Waals surface area contributed by atoms with Crippen LogP contribution < -0.4 is 0 Å². The first-order valence-corrected chi connectivity index (χ1v) is 8.77. The van der Waals surface area contributed by atoms with Crippen molar-refractivity contribution in [3.63, 3.8) is 0 Å². The predicted octanol–water partition coefficient (Wildman–Crippen LogP) is 2.50. The van der Waals surface area contributed by atoms with Gasteiger partial charge in [0.1, 0.15) is 6.61 Å². The van der Waals surface area contributed by atoms with Gasteiger partial charge < -0.3 is 9.64 Å². The summed E-state index contributed by atoms with van der Waals surface area (Å²) < 4.78 is 5.57. The Balaban J connectivity index is 1.41. The Kier molecular flexibility index (Phi) is 6.14. The number of hydrogen-bond donors (Lipinski definition) is 0. The Morgan fingerprint density at radius 3 is 2.56 bits per heavy atom. The Morgan fingerprint density at radius 2 is 1.88 bits per heavy atom. The lowest BCUT2D eigenvalue weighted by atomic mass is 10.1. The molecule has 0 spiro atoms. The lowest BCUT2D eigenvalue weighted by Crippen LogP contribution is -2.50. The zero-order valence-electron chi connectivity index (χ0n) is 14.7. The average molecular weight is 339 g/mol. The molecule has 1 saturated heterocycles. The van der Waals surface area contributed by atoms with Crippen molar-refractivity contribution >= 4 is 5.91 Å². The molecule has 1 aliphatic heterocycles. The van der Waals surface area contributed by atoms with Crippen molar-refractivity contribution in [3.8, 4) is 0 Å². The first kappa shape index (κ1) is 17.6. The molecule has 1 atom stereocenters. The average Bonchev–Trinajstić information content (AvgIpc) is 2.69. The summed E-state index contributed by atoms with van der Waals surface area (Å²) in [5, 5.41) is 0. The number of hydrogen-bond acceptors (Lipinski definition) is 4. The molecule has 5 nitrogen and oxygen atoms in total. The predicted molar refractivity (Wildman–Crippen MR) is 96.9 cm³/mol. The highest BCUT2D eigenvalue weighted by molar-refractivity contribution is 5.77. The quantitative estimate of drug-likeness (QED) is 0.811. The van der Waals surface area contributed by atoms with Crippen LogP contribution in [0.1, 0.15) is 24.1 Å². The van der Waals surface area contributed by atoms with Crippen LogP contribution in [0.3, 0.4) is 0 Å². The van der Waals surface area contributed by atoms with Gasteiger partial charge in [-0.05, 0) is 24.1 Å². The number of rotatable bonds is 6. The number of amides is 1. The number of nitrogens with zero attached hydrogens (tertiary/aromatic N) is 3. The van der Waals surface area contributed by atoms with Gasteiger partial charge in [0, 0.05) is 44.6 Å². The summed E-state index contributed by atoms with van der Waals surface area (Å²) in [7, 11) is 0. The van der Waals surface area contributed by atoms with Crippen LogP contribution in [0.25, 0.3) is 0 Å². The summed E-state index contributed by atoms with van der Waals surface area (Å²) in [6.07, 6.45) is 3.71. The molecule has 0 bridgehead atoms. The number of aromatic nitrogens is 1. The molecule has 1 aliphatic rings. The highest BCUT2D eigenvalue weighted by Gasteiger charge is 2.24. The van der Waals surface area contributed by atoms with E-state index in [1.807, 2.05) is 47.5 Å². The molecular formula is C20H25N3O2. The monoisotopic (exact) mass is 339 g/mol. The van der Waals surface area contributed by atoms with Crippen LogP contribution in [0.5, 0.6) is 0 Å². The Morgan fingerprint density at radius 1 is 1.12 bits per heavy atom. The Bertz CT molecular complexity index is 655. The lowest BCUT2D eigenvalue weighted by Gasteiger charge is -2.38. The van der Waals surface area contributed by atoms with E-state index in [2.05, 4.69) is 22.9 Å². The highest BCUT2D eigenvalue weighted by atomic mass is 16.5. The molecule has 1 fully saturated rings. The van der Waals surface area contributed by atoms with E-state index < -0.39 is 0 Å². The van der Waals surface area contributed by atoms with Crippen molar-refractivity contribution in [2.24, 2.45) is 0 Å². The maximum Gasteiger partial charge on any atom is 0.248 e. The van der Waals surface area contributed by atoms with Crippen molar-refractivity contribution in [2.45, 2.75) is 19.6 Å². The molecule has 1 aromatic carbocycles. The molecule has 2 heterocycles. The van der Waals surface area contributed by atoms with Crippen LogP contribution in [0.2, 0.25) is 0 Å². The van der Waals surface area contributed by atoms with Gasteiger partial charge in [0.2, 0.25) is 5.91 Å². The minimum atomic E-state index is 0.0737. The lowest BCUT2D eigenvalue weighted by molar-refractivity contribution is -0.138. The van der Waals surface area contributed by atoms with Gasteiger partial charge in [-0.3, -0.25) is 14.7 Å². The molecule has 1 amide bonds. The minimum absolute atomic E-state index is 0.0737. The second kappa shape index (κ2) is 8.74. The molecule has 0 unspecified atom stereocenters. The molecule has 3 rings (SSSR count). The van der Waals surface area contributed by atoms with Crippen molar-refractivity contribution < 1.29 is 9.53 Å². The zero-order valence-corrected chi connectivity index (χ0v) is 14.7. The molecule has 0 N–H and O–H groups in total. The van der Waals surface area contributed by atoms with Crippen LogP contribution in [0.4, 0.5) is 0 Å². The van der Waals surface area contributed by atoms with Gasteiger partial charge in [0.05, 0.1) is 6.61 Å². The van der Waals surface area contributed by atoms with E-state index in [1.165, 1.54) is 5.56 Å². The van der Waals surface area contributed by atoms with Gasteiger partial charge in [0.15, 0.2) is 0 Å². The van der Waals surface area contributed by atoms with E-state index in [0.717, 1.165) is 31.7 Å². The fraction of sp³-hybridized carbons (Fsp3) is 0.400. The number of carbonyl (C=O) groups is 1. The number of benzene rings is 1. The first-order valence-electron chi connectivity index (χ1n) is 8.77. The summed E-state index contributed by atoms with van der Waals surface area (Å²) in [6.45, 7) is 6.06. The summed E-state index contributed by atoms with van der Waals surface area (Å²) >= 11 is 0. The highest BCUT2D eigenvalue weighted by Crippen LogP contribution is 2.20. The number of pyridine rings is 1. The Hall–Kier alpha value is -2.24. The van der Waals surface area contributed by atoms with Crippen molar-refractivity contribution in [1.82, 2.24) is 14.8 Å². The third-order valence-corrected chi connectivity index (χ3v) is 4.72. The van der Waals surface area contributed by atoms with Crippen molar-refractivity contribution in [3.05, 3.63) is 66.0 Å². The first-order chi connectivity index (χ1) is 12.2. The van der Waals surface area contributed by atoms with Gasteiger partial charge in [-0.15, -0.1) is 0 Å². The standard InChI is InChI=1S/C20H25N3O2/c1-17(19-8-5-9-21-14-19)22-10-12-23(13-11-22)20(24)16-25-15-18-6-3-2-4-7-18/h2-9,14,17H,10-13,15-16H2,1H3/t17-/m1/s1. The smallest absolute Gasteiger partial charge is 0.248 e. The van der Waals surface area contributed by atoms with Crippen molar-refractivity contribution in [1.29, 1.82) is 0 Å². The van der Waals surface area contributed by atoms with Crippen LogP contribution in [0, 0.1) is 0 Å². The van der Waals surface area contributed by atoms with Crippen LogP contribution in [0.15, 0.2) is 54.9 Å². The van der Waals surface area contributed by atoms with E-state index in [9.17, 15) is 4.79 Å². The molecule has 1 aromatic heterocycles. The molecule has 132 valence electrons. The van der Waals surface area contributed by atoms with Gasteiger partial charge >= 0.3 is 0 Å². The minimum Gasteiger partial charge on any atom is -0.367 e. The van der Waals surface area contributed by atoms with E-state index in [0.29, 0.717) is 12.6 Å². The fourth-order valence-corrected chi connectivity index (χ4v) is 3.11. The van der Waals surface area contributed by atoms with Crippen LogP contribution in [-0.4, -0.2) is 53.5 Å². The van der Waals surface area contributed by atoms with Crippen LogP contribution in [-0.2, 0) is 16.1 Å². The molecule has 0 saturated carbocycles. The summed E-state index contributed by atoms with van der Waals surface area (Å²) in [4.78, 5) is 20.8. The zero-order chi connectivity index (χ0) is 17.5. The molecule has 0 aliphatic carbocycles. The Labute approximate surface area is 149 Å². The summed E-state index contributed by atoms with van der Waals surface area (Å²) in [6, 6.07) is 14.3. The van der Waals surface area contributed by atoms with Gasteiger partial charge in [-0.1, -0.05) is 36.4 Å². The molecule has 5 heteroatoms. The third-order valence-electron chi connectivity index (χ3n) is 4.72. The third kappa shape index (κ3) is 4.87. The normalized spacial score (nSPS) is 16.6. The second-order valence-electron chi connectivity index (χ2n) is 6.36. The van der Waals surface area contributed by atoms with Gasteiger partial charge in [-0.2, -0.15) is 0 Å². The topological polar surface area (TPSA) is 45.7 Å². The molecular weight excluding hydrogens is 314 g/mol. The number of carbonyl (C=O) groups excluding carboxylic acids is 1. The van der Waals surface area contributed by atoms with E-state index in [1.54, 1.807) is 6.20 Å².